The van der Waals surface area contributed by atoms with E-state index in [1.54, 1.807) is 0 Å². The van der Waals surface area contributed by atoms with Gasteiger partial charge in [-0.05, 0) is 58.7 Å². The molecule has 0 saturated heterocycles. The number of halogens is 1. The quantitative estimate of drug-likeness (QED) is 0.830. The van der Waals surface area contributed by atoms with Crippen molar-refractivity contribution in [1.29, 1.82) is 0 Å². The van der Waals surface area contributed by atoms with Crippen LogP contribution in [0.4, 0.5) is 5.69 Å². The molecule has 1 unspecified atom stereocenters. The molecule has 108 valence electrons. The van der Waals surface area contributed by atoms with Crippen molar-refractivity contribution in [2.75, 3.05) is 46.2 Å². The lowest BCUT2D eigenvalue weighted by Gasteiger charge is -2.22. The molecule has 0 aliphatic rings. The first-order valence-corrected chi connectivity index (χ1v) is 7.16. The van der Waals surface area contributed by atoms with Crippen molar-refractivity contribution in [2.24, 2.45) is 0 Å². The maximum absolute atomic E-state index is 6.39. The lowest BCUT2D eigenvalue weighted by molar-refractivity contribution is 0.401. The highest BCUT2D eigenvalue weighted by molar-refractivity contribution is 6.33. The van der Waals surface area contributed by atoms with Crippen LogP contribution in [0.25, 0.3) is 0 Å². The van der Waals surface area contributed by atoms with Gasteiger partial charge >= 0.3 is 0 Å². The Labute approximate surface area is 122 Å². The van der Waals surface area contributed by atoms with E-state index in [1.165, 1.54) is 5.56 Å². The summed E-state index contributed by atoms with van der Waals surface area (Å²) in [6.07, 6.45) is 1.13. The molecule has 0 radical (unpaired) electrons. The molecular formula is C15H26ClN3. The van der Waals surface area contributed by atoms with Gasteiger partial charge in [-0.1, -0.05) is 17.7 Å². The standard InChI is InChI=1S/C15H26ClN3/c1-12(17-2)13-7-8-15(14(16)11-13)19(5)10-6-9-18(3)4/h7-8,11-12,17H,6,9-10H2,1-5H3. The van der Waals surface area contributed by atoms with Crippen LogP contribution < -0.4 is 10.2 Å². The summed E-state index contributed by atoms with van der Waals surface area (Å²) < 4.78 is 0. The van der Waals surface area contributed by atoms with Gasteiger partial charge in [0, 0.05) is 19.6 Å². The number of hydrogen-bond acceptors (Lipinski definition) is 3. The van der Waals surface area contributed by atoms with Crippen molar-refractivity contribution in [3.05, 3.63) is 28.8 Å². The second kappa shape index (κ2) is 7.73. The first-order valence-electron chi connectivity index (χ1n) is 6.78. The summed E-state index contributed by atoms with van der Waals surface area (Å²) in [5, 5.41) is 4.05. The summed E-state index contributed by atoms with van der Waals surface area (Å²) in [5.41, 5.74) is 2.32. The van der Waals surface area contributed by atoms with Gasteiger partial charge in [-0.2, -0.15) is 0 Å². The van der Waals surface area contributed by atoms with Gasteiger partial charge < -0.3 is 15.1 Å². The molecular weight excluding hydrogens is 258 g/mol. The molecule has 0 fully saturated rings. The molecule has 1 rings (SSSR count). The van der Waals surface area contributed by atoms with Crippen molar-refractivity contribution in [2.45, 2.75) is 19.4 Å². The summed E-state index contributed by atoms with van der Waals surface area (Å²) in [6, 6.07) is 6.64. The van der Waals surface area contributed by atoms with E-state index in [0.717, 1.165) is 30.2 Å². The van der Waals surface area contributed by atoms with Crippen molar-refractivity contribution in [3.63, 3.8) is 0 Å². The van der Waals surface area contributed by atoms with Crippen molar-refractivity contribution < 1.29 is 0 Å². The van der Waals surface area contributed by atoms with Crippen LogP contribution in [0.5, 0.6) is 0 Å². The van der Waals surface area contributed by atoms with Gasteiger partial charge in [0.25, 0.3) is 0 Å². The van der Waals surface area contributed by atoms with Gasteiger partial charge in [-0.3, -0.25) is 0 Å². The SMILES string of the molecule is CNC(C)c1ccc(N(C)CCCN(C)C)c(Cl)c1. The number of benzene rings is 1. The highest BCUT2D eigenvalue weighted by atomic mass is 35.5. The highest BCUT2D eigenvalue weighted by Crippen LogP contribution is 2.28. The van der Waals surface area contributed by atoms with E-state index in [1.807, 2.05) is 7.05 Å². The molecule has 1 aromatic carbocycles. The molecule has 3 nitrogen and oxygen atoms in total. The van der Waals surface area contributed by atoms with Gasteiger partial charge in [-0.15, -0.1) is 0 Å². The van der Waals surface area contributed by atoms with Gasteiger partial charge in [0.05, 0.1) is 10.7 Å². The summed E-state index contributed by atoms with van der Waals surface area (Å²) in [4.78, 5) is 4.42. The lowest BCUT2D eigenvalue weighted by Crippen LogP contribution is -2.23. The van der Waals surface area contributed by atoms with Crippen LogP contribution in [0.15, 0.2) is 18.2 Å². The highest BCUT2D eigenvalue weighted by Gasteiger charge is 2.09. The Morgan fingerprint density at radius 3 is 2.42 bits per heavy atom. The van der Waals surface area contributed by atoms with E-state index in [2.05, 4.69) is 61.4 Å². The fourth-order valence-electron chi connectivity index (χ4n) is 2.01. The van der Waals surface area contributed by atoms with E-state index in [9.17, 15) is 0 Å². The monoisotopic (exact) mass is 283 g/mol. The van der Waals surface area contributed by atoms with Crippen LogP contribution in [0.2, 0.25) is 5.02 Å². The third-order valence-electron chi connectivity index (χ3n) is 3.41. The Balaban J connectivity index is 2.67. The second-order valence-electron chi connectivity index (χ2n) is 5.30. The van der Waals surface area contributed by atoms with E-state index < -0.39 is 0 Å². The number of nitrogens with one attached hydrogen (secondary N) is 1. The zero-order valence-electron chi connectivity index (χ0n) is 12.7. The summed E-state index contributed by atoms with van der Waals surface area (Å²) in [5.74, 6) is 0. The van der Waals surface area contributed by atoms with E-state index in [-0.39, 0.29) is 0 Å². The van der Waals surface area contributed by atoms with Crippen LogP contribution in [0, 0.1) is 0 Å². The van der Waals surface area contributed by atoms with Crippen molar-refractivity contribution in [1.82, 2.24) is 10.2 Å². The fraction of sp³-hybridized carbons (Fsp3) is 0.600. The minimum absolute atomic E-state index is 0.325. The van der Waals surface area contributed by atoms with E-state index in [0.29, 0.717) is 6.04 Å². The van der Waals surface area contributed by atoms with Crippen LogP contribution in [0.3, 0.4) is 0 Å². The topological polar surface area (TPSA) is 18.5 Å². The first kappa shape index (κ1) is 16.3. The zero-order valence-corrected chi connectivity index (χ0v) is 13.5. The van der Waals surface area contributed by atoms with Crippen molar-refractivity contribution >= 4 is 17.3 Å². The molecule has 0 bridgehead atoms. The third kappa shape index (κ3) is 5.01. The number of rotatable bonds is 7. The van der Waals surface area contributed by atoms with Crippen LogP contribution in [-0.2, 0) is 0 Å². The summed E-state index contributed by atoms with van der Waals surface area (Å²) in [6.45, 7) is 4.24. The van der Waals surface area contributed by atoms with E-state index >= 15 is 0 Å². The molecule has 0 heterocycles. The molecule has 0 aliphatic heterocycles. The van der Waals surface area contributed by atoms with Crippen LogP contribution in [-0.4, -0.2) is 46.2 Å². The molecule has 1 atom stereocenters. The van der Waals surface area contributed by atoms with E-state index in [4.69, 9.17) is 11.6 Å². The molecule has 0 aliphatic carbocycles. The minimum atomic E-state index is 0.325. The zero-order chi connectivity index (χ0) is 14.4. The smallest absolute Gasteiger partial charge is 0.0642 e. The minimum Gasteiger partial charge on any atom is -0.373 e. The average Bonchev–Trinajstić information content (AvgIpc) is 2.36. The predicted molar refractivity (Wildman–Crippen MR) is 85.4 cm³/mol. The average molecular weight is 284 g/mol. The van der Waals surface area contributed by atoms with Gasteiger partial charge in [0.2, 0.25) is 0 Å². The predicted octanol–water partition coefficient (Wildman–Crippen LogP) is 3.01. The molecule has 0 aromatic heterocycles. The second-order valence-corrected chi connectivity index (χ2v) is 5.71. The summed E-state index contributed by atoms with van der Waals surface area (Å²) >= 11 is 6.39. The molecule has 0 amide bonds. The number of nitrogens with zero attached hydrogens (tertiary/aromatic N) is 2. The molecule has 0 spiro atoms. The number of anilines is 1. The van der Waals surface area contributed by atoms with Gasteiger partial charge in [0.15, 0.2) is 0 Å². The third-order valence-corrected chi connectivity index (χ3v) is 3.72. The Morgan fingerprint density at radius 1 is 1.21 bits per heavy atom. The lowest BCUT2D eigenvalue weighted by atomic mass is 10.1. The maximum Gasteiger partial charge on any atom is 0.0642 e. The molecule has 1 aromatic rings. The Morgan fingerprint density at radius 2 is 1.89 bits per heavy atom. The van der Waals surface area contributed by atoms with Crippen molar-refractivity contribution in [3.8, 4) is 0 Å². The first-order chi connectivity index (χ1) is 8.95. The Hall–Kier alpha value is -0.770. The molecule has 1 N–H and O–H groups in total. The Bertz CT molecular complexity index is 393. The largest absolute Gasteiger partial charge is 0.373 e. The normalized spacial score (nSPS) is 12.8. The van der Waals surface area contributed by atoms with Gasteiger partial charge in [0.1, 0.15) is 0 Å². The molecule has 0 saturated carbocycles. The van der Waals surface area contributed by atoms with Crippen LogP contribution in [0.1, 0.15) is 24.9 Å². The Kier molecular flexibility index (Phi) is 6.63. The molecule has 19 heavy (non-hydrogen) atoms. The summed E-state index contributed by atoms with van der Waals surface area (Å²) in [7, 11) is 8.25. The number of hydrogen-bond donors (Lipinski definition) is 1. The van der Waals surface area contributed by atoms with Gasteiger partial charge in [-0.25, -0.2) is 0 Å². The van der Waals surface area contributed by atoms with Crippen LogP contribution >= 0.6 is 11.6 Å². The maximum atomic E-state index is 6.39. The molecule has 4 heteroatoms. The fourth-order valence-corrected chi connectivity index (χ4v) is 2.35.